The highest BCUT2D eigenvalue weighted by atomic mass is 32.1. The molecule has 0 amide bonds. The number of nitrogens with zero attached hydrogens (tertiary/aromatic N) is 1. The predicted octanol–water partition coefficient (Wildman–Crippen LogP) is 2.37. The van der Waals surface area contributed by atoms with Crippen LogP contribution >= 0.6 is 11.3 Å². The number of rotatable bonds is 3. The average molecular weight is 206 g/mol. The summed E-state index contributed by atoms with van der Waals surface area (Å²) < 4.78 is 2.24. The average Bonchev–Trinajstić information content (AvgIpc) is 2.79. The van der Waals surface area contributed by atoms with Crippen LogP contribution in [0.3, 0.4) is 0 Å². The topological polar surface area (TPSA) is 30.9 Å². The third-order valence-corrected chi connectivity index (χ3v) is 3.24. The van der Waals surface area contributed by atoms with Gasteiger partial charge in [0.05, 0.1) is 0 Å². The maximum atomic E-state index is 5.63. The molecule has 0 aliphatic rings. The minimum Gasteiger partial charge on any atom is -0.347 e. The first-order chi connectivity index (χ1) is 6.81. The van der Waals surface area contributed by atoms with Gasteiger partial charge in [-0.2, -0.15) is 11.3 Å². The lowest BCUT2D eigenvalue weighted by Gasteiger charge is -2.05. The highest BCUT2D eigenvalue weighted by Crippen LogP contribution is 2.13. The zero-order valence-electron chi connectivity index (χ0n) is 8.23. The van der Waals surface area contributed by atoms with Gasteiger partial charge in [-0.15, -0.1) is 0 Å². The van der Waals surface area contributed by atoms with Gasteiger partial charge in [-0.3, -0.25) is 0 Å². The highest BCUT2D eigenvalue weighted by Gasteiger charge is 2.03. The second kappa shape index (κ2) is 3.98. The van der Waals surface area contributed by atoms with Crippen molar-refractivity contribution in [3.8, 4) is 0 Å². The van der Waals surface area contributed by atoms with Gasteiger partial charge in [-0.25, -0.2) is 0 Å². The fourth-order valence-electron chi connectivity index (χ4n) is 1.56. The number of aromatic nitrogens is 1. The molecule has 2 aromatic rings. The number of hydrogen-bond donors (Lipinski definition) is 1. The molecule has 14 heavy (non-hydrogen) atoms. The molecular formula is C11H14N2S. The molecule has 3 heteroatoms. The van der Waals surface area contributed by atoms with E-state index in [0.29, 0.717) is 6.54 Å². The molecule has 0 aromatic carbocycles. The lowest BCUT2D eigenvalue weighted by Crippen LogP contribution is -2.02. The van der Waals surface area contributed by atoms with Crippen molar-refractivity contribution < 1.29 is 0 Å². The van der Waals surface area contributed by atoms with Crippen molar-refractivity contribution in [3.63, 3.8) is 0 Å². The molecule has 2 rings (SSSR count). The van der Waals surface area contributed by atoms with E-state index in [2.05, 4.69) is 40.6 Å². The Labute approximate surface area is 88.0 Å². The first kappa shape index (κ1) is 9.49. The van der Waals surface area contributed by atoms with Crippen molar-refractivity contribution in [2.24, 2.45) is 5.73 Å². The zero-order valence-corrected chi connectivity index (χ0v) is 9.05. The van der Waals surface area contributed by atoms with Crippen LogP contribution in [0, 0.1) is 6.92 Å². The first-order valence-electron chi connectivity index (χ1n) is 4.67. The molecule has 2 heterocycles. The van der Waals surface area contributed by atoms with Gasteiger partial charge in [-0.1, -0.05) is 0 Å². The Morgan fingerprint density at radius 2 is 2.29 bits per heavy atom. The van der Waals surface area contributed by atoms with Crippen LogP contribution in [0.1, 0.15) is 16.8 Å². The summed E-state index contributed by atoms with van der Waals surface area (Å²) in [6, 6.07) is 4.26. The number of hydrogen-bond acceptors (Lipinski definition) is 2. The van der Waals surface area contributed by atoms with E-state index in [1.807, 2.05) is 0 Å². The van der Waals surface area contributed by atoms with Crippen LogP contribution in [0.15, 0.2) is 29.1 Å². The molecule has 0 saturated carbocycles. The molecule has 2 N–H and O–H groups in total. The molecule has 0 unspecified atom stereocenters. The maximum absolute atomic E-state index is 5.63. The third-order valence-electron chi connectivity index (χ3n) is 2.50. The smallest absolute Gasteiger partial charge is 0.0481 e. The molecule has 0 aliphatic carbocycles. The zero-order chi connectivity index (χ0) is 9.97. The summed E-state index contributed by atoms with van der Waals surface area (Å²) in [6.45, 7) is 3.70. The third kappa shape index (κ3) is 1.74. The summed E-state index contributed by atoms with van der Waals surface area (Å²) in [4.78, 5) is 0. The Morgan fingerprint density at radius 3 is 2.86 bits per heavy atom. The molecular weight excluding hydrogens is 192 g/mol. The molecule has 2 nitrogen and oxygen atoms in total. The summed E-state index contributed by atoms with van der Waals surface area (Å²) in [5.41, 5.74) is 9.50. The lowest BCUT2D eigenvalue weighted by atomic mass is 10.2. The Morgan fingerprint density at radius 1 is 1.43 bits per heavy atom. The maximum Gasteiger partial charge on any atom is 0.0481 e. The monoisotopic (exact) mass is 206 g/mol. The van der Waals surface area contributed by atoms with E-state index in [1.54, 1.807) is 11.3 Å². The molecule has 0 aliphatic heterocycles. The minimum absolute atomic E-state index is 0.627. The van der Waals surface area contributed by atoms with E-state index < -0.39 is 0 Å². The van der Waals surface area contributed by atoms with E-state index in [-0.39, 0.29) is 0 Å². The summed E-state index contributed by atoms with van der Waals surface area (Å²) in [7, 11) is 0. The van der Waals surface area contributed by atoms with Crippen LogP contribution in [0.5, 0.6) is 0 Å². The quantitative estimate of drug-likeness (QED) is 0.821. The van der Waals surface area contributed by atoms with Crippen molar-refractivity contribution in [1.29, 1.82) is 0 Å². The van der Waals surface area contributed by atoms with Gasteiger partial charge in [0, 0.05) is 25.0 Å². The predicted molar refractivity (Wildman–Crippen MR) is 60.5 cm³/mol. The van der Waals surface area contributed by atoms with Crippen LogP contribution in [0.4, 0.5) is 0 Å². The fraction of sp³-hybridized carbons (Fsp3) is 0.273. The van der Waals surface area contributed by atoms with Gasteiger partial charge in [-0.05, 0) is 40.9 Å². The van der Waals surface area contributed by atoms with Gasteiger partial charge in [0.25, 0.3) is 0 Å². The van der Waals surface area contributed by atoms with E-state index in [4.69, 9.17) is 5.73 Å². The van der Waals surface area contributed by atoms with Gasteiger partial charge in [0.2, 0.25) is 0 Å². The standard InChI is InChI=1S/C11H14N2S/c1-9-11(6-12)2-4-13(9)7-10-3-5-14-8-10/h2-5,8H,6-7,12H2,1H3. The van der Waals surface area contributed by atoms with Gasteiger partial charge in [0.1, 0.15) is 0 Å². The van der Waals surface area contributed by atoms with E-state index in [1.165, 1.54) is 16.8 Å². The summed E-state index contributed by atoms with van der Waals surface area (Å²) in [5.74, 6) is 0. The van der Waals surface area contributed by atoms with Gasteiger partial charge < -0.3 is 10.3 Å². The summed E-state index contributed by atoms with van der Waals surface area (Å²) in [6.07, 6.45) is 2.11. The fourth-order valence-corrected chi connectivity index (χ4v) is 2.22. The van der Waals surface area contributed by atoms with E-state index in [0.717, 1.165) is 6.54 Å². The summed E-state index contributed by atoms with van der Waals surface area (Å²) >= 11 is 1.74. The van der Waals surface area contributed by atoms with Crippen LogP contribution in [0.25, 0.3) is 0 Å². The van der Waals surface area contributed by atoms with Crippen LogP contribution < -0.4 is 5.73 Å². The molecule has 74 valence electrons. The van der Waals surface area contributed by atoms with E-state index >= 15 is 0 Å². The van der Waals surface area contributed by atoms with Crippen molar-refractivity contribution in [2.45, 2.75) is 20.0 Å². The Hall–Kier alpha value is -1.06. The second-order valence-electron chi connectivity index (χ2n) is 3.39. The van der Waals surface area contributed by atoms with Crippen molar-refractivity contribution in [3.05, 3.63) is 45.9 Å². The SMILES string of the molecule is Cc1c(CN)ccn1Cc1ccsc1. The molecule has 0 saturated heterocycles. The molecule has 0 fully saturated rings. The van der Waals surface area contributed by atoms with Gasteiger partial charge in [0.15, 0.2) is 0 Å². The van der Waals surface area contributed by atoms with Crippen LogP contribution in [-0.2, 0) is 13.1 Å². The van der Waals surface area contributed by atoms with Crippen LogP contribution in [-0.4, -0.2) is 4.57 Å². The highest BCUT2D eigenvalue weighted by molar-refractivity contribution is 7.07. The first-order valence-corrected chi connectivity index (χ1v) is 5.61. The second-order valence-corrected chi connectivity index (χ2v) is 4.17. The summed E-state index contributed by atoms with van der Waals surface area (Å²) in [5, 5.41) is 4.29. The van der Waals surface area contributed by atoms with Crippen molar-refractivity contribution >= 4 is 11.3 Å². The Kier molecular flexibility index (Phi) is 2.70. The molecule has 0 radical (unpaired) electrons. The van der Waals surface area contributed by atoms with Crippen molar-refractivity contribution in [1.82, 2.24) is 4.57 Å². The molecule has 0 spiro atoms. The largest absolute Gasteiger partial charge is 0.347 e. The Balaban J connectivity index is 2.21. The van der Waals surface area contributed by atoms with Crippen molar-refractivity contribution in [2.75, 3.05) is 0 Å². The normalized spacial score (nSPS) is 10.7. The Bertz CT molecular complexity index is 401. The van der Waals surface area contributed by atoms with E-state index in [9.17, 15) is 0 Å². The molecule has 2 aromatic heterocycles. The van der Waals surface area contributed by atoms with Crippen LogP contribution in [0.2, 0.25) is 0 Å². The number of nitrogens with two attached hydrogens (primary N) is 1. The molecule has 0 bridgehead atoms. The number of thiophene rings is 1. The minimum atomic E-state index is 0.627. The van der Waals surface area contributed by atoms with Gasteiger partial charge >= 0.3 is 0 Å². The lowest BCUT2D eigenvalue weighted by molar-refractivity contribution is 0.771. The molecule has 0 atom stereocenters.